The van der Waals surface area contributed by atoms with E-state index < -0.39 is 0 Å². The van der Waals surface area contributed by atoms with Crippen molar-refractivity contribution >= 4 is 23.5 Å². The van der Waals surface area contributed by atoms with E-state index in [0.29, 0.717) is 0 Å². The van der Waals surface area contributed by atoms with E-state index >= 15 is 0 Å². The topological polar surface area (TPSA) is 58.1 Å². The molecule has 1 saturated heterocycles. The Labute approximate surface area is 128 Å². The highest BCUT2D eigenvalue weighted by molar-refractivity contribution is 7.98. The predicted octanol–water partition coefficient (Wildman–Crippen LogP) is 1.76. The van der Waals surface area contributed by atoms with Crippen LogP contribution in [0.5, 0.6) is 0 Å². The highest BCUT2D eigenvalue weighted by Gasteiger charge is 2.51. The molecule has 1 aromatic rings. The smallest absolute Gasteiger partial charge is 0.243 e. The molecule has 1 N–H and O–H groups in total. The molecule has 1 spiro atoms. The van der Waals surface area contributed by atoms with Crippen LogP contribution in [-0.2, 0) is 11.2 Å². The maximum Gasteiger partial charge on any atom is 0.243 e. The third kappa shape index (κ3) is 1.95. The summed E-state index contributed by atoms with van der Waals surface area (Å²) >= 11 is 1.56. The minimum absolute atomic E-state index is 0.0755. The summed E-state index contributed by atoms with van der Waals surface area (Å²) in [5, 5.41) is 3.94. The highest BCUT2D eigenvalue weighted by atomic mass is 32.2. The molecule has 1 aromatic heterocycles. The Morgan fingerprint density at radius 3 is 2.95 bits per heavy atom. The fourth-order valence-corrected chi connectivity index (χ4v) is 4.46. The van der Waals surface area contributed by atoms with Crippen molar-refractivity contribution in [2.45, 2.75) is 55.3 Å². The molecule has 1 aliphatic carbocycles. The molecule has 1 atom stereocenters. The first-order chi connectivity index (χ1) is 10.2. The number of hydrogen-bond acceptors (Lipinski definition) is 5. The van der Waals surface area contributed by atoms with E-state index in [-0.39, 0.29) is 17.5 Å². The molecule has 0 aromatic carbocycles. The lowest BCUT2D eigenvalue weighted by Crippen LogP contribution is -2.67. The van der Waals surface area contributed by atoms with E-state index in [0.717, 1.165) is 42.3 Å². The molecule has 5 nitrogen and oxygen atoms in total. The average molecular weight is 304 g/mol. The number of aromatic nitrogens is 2. The van der Waals surface area contributed by atoms with E-state index in [9.17, 15) is 4.79 Å². The Morgan fingerprint density at radius 2 is 2.19 bits per heavy atom. The normalized spacial score (nSPS) is 26.4. The number of rotatable bonds is 1. The number of amides is 1. The molecule has 3 heterocycles. The summed E-state index contributed by atoms with van der Waals surface area (Å²) in [4.78, 5) is 23.8. The van der Waals surface area contributed by atoms with Crippen LogP contribution in [-0.4, -0.2) is 40.3 Å². The molecule has 1 saturated carbocycles. The Balaban J connectivity index is 1.80. The molecule has 3 aliphatic rings. The van der Waals surface area contributed by atoms with Crippen LogP contribution in [0, 0.1) is 0 Å². The largest absolute Gasteiger partial charge is 0.352 e. The van der Waals surface area contributed by atoms with E-state index in [1.807, 2.05) is 12.5 Å². The standard InChI is InChI=1S/C15H20N4OS/c1-21-14-16-8-10-7-11-13(20)17-9-15(5-3-2-4-6-15)19(11)12(10)18-14/h8,11H,2-7,9H2,1H3,(H,17,20)/t11-/m1/s1. The van der Waals surface area contributed by atoms with Crippen molar-refractivity contribution in [1.29, 1.82) is 0 Å². The predicted molar refractivity (Wildman–Crippen MR) is 82.6 cm³/mol. The van der Waals surface area contributed by atoms with Gasteiger partial charge in [0.05, 0.1) is 5.54 Å². The van der Waals surface area contributed by atoms with Gasteiger partial charge >= 0.3 is 0 Å². The SMILES string of the molecule is CSc1ncc2c(n1)N1[C@H](C2)C(=O)NCC12CCCCC2. The summed E-state index contributed by atoms with van der Waals surface area (Å²) in [6.07, 6.45) is 10.8. The van der Waals surface area contributed by atoms with E-state index in [1.54, 1.807) is 11.8 Å². The monoisotopic (exact) mass is 304 g/mol. The molecule has 1 amide bonds. The van der Waals surface area contributed by atoms with E-state index in [4.69, 9.17) is 4.98 Å². The van der Waals surface area contributed by atoms with Gasteiger partial charge in [-0.3, -0.25) is 4.79 Å². The number of carbonyl (C=O) groups excluding carboxylic acids is 1. The van der Waals surface area contributed by atoms with Gasteiger partial charge in [-0.25, -0.2) is 9.97 Å². The molecular weight excluding hydrogens is 284 g/mol. The molecule has 6 heteroatoms. The van der Waals surface area contributed by atoms with Crippen LogP contribution < -0.4 is 10.2 Å². The molecule has 0 unspecified atom stereocenters. The summed E-state index contributed by atoms with van der Waals surface area (Å²) in [6, 6.07) is -0.0849. The van der Waals surface area contributed by atoms with Crippen molar-refractivity contribution in [2.24, 2.45) is 0 Å². The zero-order chi connectivity index (χ0) is 14.4. The van der Waals surface area contributed by atoms with Crippen LogP contribution in [0.25, 0.3) is 0 Å². The number of nitrogens with one attached hydrogen (secondary N) is 1. The fraction of sp³-hybridized carbons (Fsp3) is 0.667. The van der Waals surface area contributed by atoms with Gasteiger partial charge in [-0.2, -0.15) is 0 Å². The van der Waals surface area contributed by atoms with Gasteiger partial charge < -0.3 is 10.2 Å². The summed E-state index contributed by atoms with van der Waals surface area (Å²) < 4.78 is 0. The Hall–Kier alpha value is -1.30. The quantitative estimate of drug-likeness (QED) is 0.633. The summed E-state index contributed by atoms with van der Waals surface area (Å²) in [6.45, 7) is 0.764. The third-order valence-corrected chi connectivity index (χ3v) is 5.71. The van der Waals surface area contributed by atoms with Crippen LogP contribution in [0.15, 0.2) is 11.4 Å². The lowest BCUT2D eigenvalue weighted by atomic mass is 9.78. The van der Waals surface area contributed by atoms with Gasteiger partial charge in [0.2, 0.25) is 5.91 Å². The highest BCUT2D eigenvalue weighted by Crippen LogP contribution is 2.44. The average Bonchev–Trinajstić information content (AvgIpc) is 2.92. The van der Waals surface area contributed by atoms with Crippen molar-refractivity contribution in [3.8, 4) is 0 Å². The molecule has 4 rings (SSSR count). The molecule has 112 valence electrons. The lowest BCUT2D eigenvalue weighted by Gasteiger charge is -2.51. The van der Waals surface area contributed by atoms with Crippen molar-refractivity contribution in [3.05, 3.63) is 11.8 Å². The van der Waals surface area contributed by atoms with Gasteiger partial charge in [0.15, 0.2) is 5.16 Å². The van der Waals surface area contributed by atoms with Gasteiger partial charge in [0, 0.05) is 24.7 Å². The number of thioether (sulfide) groups is 1. The molecular formula is C15H20N4OS. The molecule has 21 heavy (non-hydrogen) atoms. The Kier molecular flexibility index (Phi) is 3.10. The minimum Gasteiger partial charge on any atom is -0.352 e. The van der Waals surface area contributed by atoms with E-state index in [2.05, 4.69) is 15.2 Å². The molecule has 2 aliphatic heterocycles. The molecule has 0 bridgehead atoms. The van der Waals surface area contributed by atoms with Crippen molar-refractivity contribution < 1.29 is 4.79 Å². The van der Waals surface area contributed by atoms with Gasteiger partial charge in [0.25, 0.3) is 0 Å². The fourth-order valence-electron chi connectivity index (χ4n) is 4.13. The second-order valence-electron chi connectivity index (χ2n) is 6.30. The number of fused-ring (bicyclic) bond motifs is 4. The molecule has 0 radical (unpaired) electrons. The minimum atomic E-state index is -0.0849. The van der Waals surface area contributed by atoms with Gasteiger partial charge in [-0.15, -0.1) is 0 Å². The van der Waals surface area contributed by atoms with Gasteiger partial charge in [0.1, 0.15) is 11.9 Å². The van der Waals surface area contributed by atoms with Crippen molar-refractivity contribution in [2.75, 3.05) is 17.7 Å². The van der Waals surface area contributed by atoms with Crippen LogP contribution in [0.4, 0.5) is 5.82 Å². The van der Waals surface area contributed by atoms with Crippen LogP contribution >= 0.6 is 11.8 Å². The summed E-state index contributed by atoms with van der Waals surface area (Å²) in [5.41, 5.74) is 1.20. The number of anilines is 1. The van der Waals surface area contributed by atoms with Crippen LogP contribution in [0.2, 0.25) is 0 Å². The second-order valence-corrected chi connectivity index (χ2v) is 7.07. The Morgan fingerprint density at radius 1 is 1.38 bits per heavy atom. The van der Waals surface area contributed by atoms with Gasteiger partial charge in [-0.1, -0.05) is 31.0 Å². The number of nitrogens with zero attached hydrogens (tertiary/aromatic N) is 3. The Bertz CT molecular complexity index is 585. The van der Waals surface area contributed by atoms with E-state index in [1.165, 1.54) is 19.3 Å². The summed E-state index contributed by atoms with van der Waals surface area (Å²) in [5.74, 6) is 1.16. The number of piperazine rings is 1. The number of carbonyl (C=O) groups is 1. The summed E-state index contributed by atoms with van der Waals surface area (Å²) in [7, 11) is 0. The van der Waals surface area contributed by atoms with Crippen molar-refractivity contribution in [1.82, 2.24) is 15.3 Å². The third-order valence-electron chi connectivity index (χ3n) is 5.14. The van der Waals surface area contributed by atoms with Gasteiger partial charge in [-0.05, 0) is 19.1 Å². The lowest BCUT2D eigenvalue weighted by molar-refractivity contribution is -0.124. The maximum atomic E-state index is 12.3. The van der Waals surface area contributed by atoms with Crippen LogP contribution in [0.1, 0.15) is 37.7 Å². The first-order valence-corrected chi connectivity index (χ1v) is 8.93. The molecule has 2 fully saturated rings. The zero-order valence-corrected chi connectivity index (χ0v) is 13.1. The first-order valence-electron chi connectivity index (χ1n) is 7.70. The van der Waals surface area contributed by atoms with Crippen molar-refractivity contribution in [3.63, 3.8) is 0 Å². The number of hydrogen-bond donors (Lipinski definition) is 1. The zero-order valence-electron chi connectivity index (χ0n) is 12.3. The first kappa shape index (κ1) is 13.4. The maximum absolute atomic E-state index is 12.3. The van der Waals surface area contributed by atoms with Crippen LogP contribution in [0.3, 0.4) is 0 Å². The second kappa shape index (κ2) is 4.87.